The van der Waals surface area contributed by atoms with Crippen molar-refractivity contribution in [2.75, 3.05) is 11.4 Å². The van der Waals surface area contributed by atoms with Gasteiger partial charge >= 0.3 is 5.97 Å². The van der Waals surface area contributed by atoms with E-state index in [0.717, 1.165) is 30.9 Å². The molecule has 7 heteroatoms. The van der Waals surface area contributed by atoms with E-state index < -0.39 is 12.0 Å². The smallest absolute Gasteiger partial charge is 0.326 e. The van der Waals surface area contributed by atoms with Crippen LogP contribution in [0.4, 0.5) is 5.82 Å². The van der Waals surface area contributed by atoms with Crippen LogP contribution >= 0.6 is 0 Å². The number of aromatic nitrogens is 4. The molecule has 0 aromatic carbocycles. The summed E-state index contributed by atoms with van der Waals surface area (Å²) in [5.41, 5.74) is 0.810. The fourth-order valence-electron chi connectivity index (χ4n) is 2.58. The van der Waals surface area contributed by atoms with E-state index in [4.69, 9.17) is 0 Å². The maximum Gasteiger partial charge on any atom is 0.326 e. The van der Waals surface area contributed by atoms with Crippen LogP contribution in [0.3, 0.4) is 0 Å². The molecule has 0 saturated carbocycles. The largest absolute Gasteiger partial charge is 0.480 e. The molecule has 1 aliphatic rings. The number of rotatable bonds is 2. The highest BCUT2D eigenvalue weighted by atomic mass is 16.4. The lowest BCUT2D eigenvalue weighted by Crippen LogP contribution is -2.45. The summed E-state index contributed by atoms with van der Waals surface area (Å²) in [7, 11) is 0. The Bertz CT molecular complexity index is 624. The van der Waals surface area contributed by atoms with Crippen LogP contribution in [0.25, 0.3) is 5.78 Å². The molecule has 1 unspecified atom stereocenters. The van der Waals surface area contributed by atoms with Crippen molar-refractivity contribution in [3.63, 3.8) is 0 Å². The molecule has 1 aliphatic heterocycles. The summed E-state index contributed by atoms with van der Waals surface area (Å²) in [4.78, 5) is 21.6. The van der Waals surface area contributed by atoms with Gasteiger partial charge < -0.3 is 10.0 Å². The number of piperidine rings is 1. The number of carbonyl (C=O) groups is 1. The summed E-state index contributed by atoms with van der Waals surface area (Å²) in [6, 6.07) is 1.37. The number of aliphatic carboxylic acids is 1. The van der Waals surface area contributed by atoms with Gasteiger partial charge in [-0.2, -0.15) is 14.6 Å². The minimum Gasteiger partial charge on any atom is -0.480 e. The van der Waals surface area contributed by atoms with E-state index in [2.05, 4.69) is 15.1 Å². The summed E-state index contributed by atoms with van der Waals surface area (Å²) in [5, 5.41) is 13.5. The standard InChI is InChI=1S/C12H15N5O2/c1-8-6-10(17-12(15-8)13-7-14-17)16-5-3-2-4-9(16)11(18)19/h6-7,9H,2-5H2,1H3,(H,18,19). The van der Waals surface area contributed by atoms with Gasteiger partial charge in [0, 0.05) is 18.3 Å². The monoisotopic (exact) mass is 261 g/mol. The first kappa shape index (κ1) is 11.9. The summed E-state index contributed by atoms with van der Waals surface area (Å²) in [5.74, 6) is 0.472. The van der Waals surface area contributed by atoms with Crippen molar-refractivity contribution < 1.29 is 9.90 Å². The van der Waals surface area contributed by atoms with Gasteiger partial charge in [0.1, 0.15) is 18.2 Å². The van der Waals surface area contributed by atoms with Gasteiger partial charge in [-0.25, -0.2) is 9.78 Å². The van der Waals surface area contributed by atoms with Gasteiger partial charge in [0.05, 0.1) is 0 Å². The third-order valence-corrected chi connectivity index (χ3v) is 3.44. The number of hydrogen-bond donors (Lipinski definition) is 1. The van der Waals surface area contributed by atoms with Crippen molar-refractivity contribution >= 4 is 17.6 Å². The van der Waals surface area contributed by atoms with Crippen molar-refractivity contribution in [3.05, 3.63) is 18.1 Å². The summed E-state index contributed by atoms with van der Waals surface area (Å²) in [6.45, 7) is 2.59. The van der Waals surface area contributed by atoms with E-state index >= 15 is 0 Å². The molecule has 2 aromatic rings. The normalized spacial score (nSPS) is 19.8. The fraction of sp³-hybridized carbons (Fsp3) is 0.500. The summed E-state index contributed by atoms with van der Waals surface area (Å²) >= 11 is 0. The van der Waals surface area contributed by atoms with Crippen LogP contribution in [0.1, 0.15) is 25.0 Å². The first-order valence-electron chi connectivity index (χ1n) is 6.33. The Kier molecular flexibility index (Phi) is 2.81. The van der Waals surface area contributed by atoms with E-state index in [1.807, 2.05) is 17.9 Å². The molecule has 7 nitrogen and oxygen atoms in total. The van der Waals surface area contributed by atoms with Crippen LogP contribution in [0.15, 0.2) is 12.4 Å². The number of aryl methyl sites for hydroxylation is 1. The van der Waals surface area contributed by atoms with Crippen LogP contribution in [0.2, 0.25) is 0 Å². The Hall–Kier alpha value is -2.18. The Morgan fingerprint density at radius 2 is 2.32 bits per heavy atom. The van der Waals surface area contributed by atoms with Crippen LogP contribution in [0.5, 0.6) is 0 Å². The molecule has 2 aromatic heterocycles. The number of carboxylic acid groups (broad SMARTS) is 1. The van der Waals surface area contributed by atoms with E-state index in [-0.39, 0.29) is 0 Å². The molecule has 1 saturated heterocycles. The van der Waals surface area contributed by atoms with Crippen molar-refractivity contribution in [1.29, 1.82) is 0 Å². The third kappa shape index (κ3) is 2.00. The predicted molar refractivity (Wildman–Crippen MR) is 68.1 cm³/mol. The van der Waals surface area contributed by atoms with E-state index in [1.165, 1.54) is 6.33 Å². The molecule has 0 bridgehead atoms. The van der Waals surface area contributed by atoms with Crippen LogP contribution in [-0.4, -0.2) is 43.2 Å². The molecule has 1 N–H and O–H groups in total. The molecular formula is C12H15N5O2. The quantitative estimate of drug-likeness (QED) is 0.863. The molecule has 1 fully saturated rings. The zero-order valence-electron chi connectivity index (χ0n) is 10.7. The molecular weight excluding hydrogens is 246 g/mol. The molecule has 100 valence electrons. The highest BCUT2D eigenvalue weighted by Crippen LogP contribution is 2.25. The number of fused-ring (bicyclic) bond motifs is 1. The zero-order chi connectivity index (χ0) is 13.4. The molecule has 19 heavy (non-hydrogen) atoms. The highest BCUT2D eigenvalue weighted by Gasteiger charge is 2.30. The maximum atomic E-state index is 11.4. The molecule has 3 heterocycles. The van der Waals surface area contributed by atoms with Crippen molar-refractivity contribution in [2.45, 2.75) is 32.2 Å². The molecule has 0 amide bonds. The molecule has 1 atom stereocenters. The van der Waals surface area contributed by atoms with Gasteiger partial charge in [-0.3, -0.25) is 0 Å². The van der Waals surface area contributed by atoms with Gasteiger partial charge in [0.2, 0.25) is 0 Å². The Morgan fingerprint density at radius 1 is 1.47 bits per heavy atom. The Balaban J connectivity index is 2.11. The number of nitrogens with zero attached hydrogens (tertiary/aromatic N) is 5. The second-order valence-electron chi connectivity index (χ2n) is 4.77. The fourth-order valence-corrected chi connectivity index (χ4v) is 2.58. The Labute approximate surface area is 109 Å². The lowest BCUT2D eigenvalue weighted by Gasteiger charge is -2.34. The number of anilines is 1. The van der Waals surface area contributed by atoms with E-state index in [1.54, 1.807) is 4.52 Å². The van der Waals surface area contributed by atoms with Crippen molar-refractivity contribution in [3.8, 4) is 0 Å². The number of hydrogen-bond acceptors (Lipinski definition) is 5. The van der Waals surface area contributed by atoms with Crippen molar-refractivity contribution in [1.82, 2.24) is 19.6 Å². The van der Waals surface area contributed by atoms with Crippen LogP contribution in [0, 0.1) is 6.92 Å². The summed E-state index contributed by atoms with van der Waals surface area (Å²) in [6.07, 6.45) is 4.03. The van der Waals surface area contributed by atoms with Gasteiger partial charge in [0.15, 0.2) is 0 Å². The average Bonchev–Trinajstić information content (AvgIpc) is 2.85. The van der Waals surface area contributed by atoms with Crippen LogP contribution < -0.4 is 4.90 Å². The van der Waals surface area contributed by atoms with E-state index in [0.29, 0.717) is 12.2 Å². The number of carboxylic acids is 1. The first-order chi connectivity index (χ1) is 9.16. The van der Waals surface area contributed by atoms with Gasteiger partial charge in [-0.1, -0.05) is 0 Å². The second kappa shape index (κ2) is 4.49. The second-order valence-corrected chi connectivity index (χ2v) is 4.77. The molecule has 0 radical (unpaired) electrons. The minimum absolute atomic E-state index is 0.497. The van der Waals surface area contributed by atoms with Crippen molar-refractivity contribution in [2.24, 2.45) is 0 Å². The minimum atomic E-state index is -0.789. The molecule has 0 aliphatic carbocycles. The van der Waals surface area contributed by atoms with E-state index in [9.17, 15) is 9.90 Å². The molecule has 0 spiro atoms. The predicted octanol–water partition coefficient (Wildman–Crippen LogP) is 0.876. The van der Waals surface area contributed by atoms with Gasteiger partial charge in [-0.15, -0.1) is 0 Å². The zero-order valence-corrected chi connectivity index (χ0v) is 10.7. The lowest BCUT2D eigenvalue weighted by molar-refractivity contribution is -0.139. The van der Waals surface area contributed by atoms with Crippen LogP contribution in [-0.2, 0) is 4.79 Å². The average molecular weight is 261 g/mol. The molecule has 3 rings (SSSR count). The Morgan fingerprint density at radius 3 is 3.11 bits per heavy atom. The topological polar surface area (TPSA) is 83.6 Å². The highest BCUT2D eigenvalue weighted by molar-refractivity contribution is 5.78. The van der Waals surface area contributed by atoms with Gasteiger partial charge in [-0.05, 0) is 26.2 Å². The first-order valence-corrected chi connectivity index (χ1v) is 6.33. The lowest BCUT2D eigenvalue weighted by atomic mass is 10.0. The summed E-state index contributed by atoms with van der Waals surface area (Å²) < 4.78 is 1.61. The maximum absolute atomic E-state index is 11.4. The SMILES string of the molecule is Cc1cc(N2CCCCC2C(=O)O)n2ncnc2n1. The third-order valence-electron chi connectivity index (χ3n) is 3.44. The van der Waals surface area contributed by atoms with Gasteiger partial charge in [0.25, 0.3) is 5.78 Å².